The highest BCUT2D eigenvalue weighted by Crippen LogP contribution is 2.15. The van der Waals surface area contributed by atoms with Crippen molar-refractivity contribution < 1.29 is 0 Å². The Hall–Kier alpha value is -3.09. The van der Waals surface area contributed by atoms with Crippen LogP contribution in [0.15, 0.2) is 54.0 Å². The quantitative estimate of drug-likeness (QED) is 0.359. The lowest BCUT2D eigenvalue weighted by atomic mass is 10.2. The molecule has 148 valence electrons. The van der Waals surface area contributed by atoms with E-state index in [1.165, 1.54) is 5.69 Å². The normalized spacial score (nSPS) is 11.6. The molecule has 0 saturated carbocycles. The van der Waals surface area contributed by atoms with E-state index < -0.39 is 0 Å². The summed E-state index contributed by atoms with van der Waals surface area (Å²) in [5, 5.41) is 11.2. The lowest BCUT2D eigenvalue weighted by molar-refractivity contribution is 0.555. The Kier molecular flexibility index (Phi) is 6.84. The summed E-state index contributed by atoms with van der Waals surface area (Å²) in [4.78, 5) is 8.90. The topological polar surface area (TPSA) is 72.1 Å². The minimum Gasteiger partial charge on any atom is -0.357 e. The van der Waals surface area contributed by atoms with E-state index in [2.05, 4.69) is 57.4 Å². The first-order chi connectivity index (χ1) is 13.7. The lowest BCUT2D eigenvalue weighted by Gasteiger charge is -2.13. The van der Waals surface area contributed by atoms with E-state index in [-0.39, 0.29) is 0 Å². The summed E-state index contributed by atoms with van der Waals surface area (Å²) >= 11 is 0. The Bertz CT molecular complexity index is 893. The average Bonchev–Trinajstić information content (AvgIpc) is 3.33. The van der Waals surface area contributed by atoms with Crippen molar-refractivity contribution >= 4 is 5.96 Å². The molecule has 3 aromatic rings. The first kappa shape index (κ1) is 19.7. The van der Waals surface area contributed by atoms with Crippen molar-refractivity contribution in [3.05, 3.63) is 66.0 Å². The van der Waals surface area contributed by atoms with Crippen LogP contribution in [0.5, 0.6) is 0 Å². The monoisotopic (exact) mass is 379 g/mol. The van der Waals surface area contributed by atoms with Gasteiger partial charge in [0.1, 0.15) is 0 Å². The summed E-state index contributed by atoms with van der Waals surface area (Å²) in [7, 11) is 0. The minimum atomic E-state index is 0.598. The number of nitrogens with zero attached hydrogens (tertiary/aromatic N) is 5. The van der Waals surface area contributed by atoms with Crippen LogP contribution in [0.3, 0.4) is 0 Å². The van der Waals surface area contributed by atoms with Crippen LogP contribution in [0.1, 0.15) is 30.3 Å². The van der Waals surface area contributed by atoms with Gasteiger partial charge in [-0.3, -0.25) is 4.68 Å². The highest BCUT2D eigenvalue weighted by molar-refractivity contribution is 5.79. The zero-order valence-electron chi connectivity index (χ0n) is 16.9. The van der Waals surface area contributed by atoms with Crippen LogP contribution in [0.4, 0.5) is 0 Å². The molecule has 2 N–H and O–H groups in total. The van der Waals surface area contributed by atoms with Crippen LogP contribution in [0, 0.1) is 13.8 Å². The Morgan fingerprint density at radius 2 is 2.04 bits per heavy atom. The van der Waals surface area contributed by atoms with Gasteiger partial charge >= 0.3 is 0 Å². The van der Waals surface area contributed by atoms with Gasteiger partial charge in [-0.1, -0.05) is 18.2 Å². The van der Waals surface area contributed by atoms with E-state index in [9.17, 15) is 0 Å². The molecule has 0 aliphatic carbocycles. The van der Waals surface area contributed by atoms with Gasteiger partial charge in [0.25, 0.3) is 0 Å². The first-order valence-electron chi connectivity index (χ1n) is 9.77. The van der Waals surface area contributed by atoms with Gasteiger partial charge in [0.05, 0.1) is 24.3 Å². The number of nitrogens with one attached hydrogen (secondary N) is 2. The summed E-state index contributed by atoms with van der Waals surface area (Å²) in [5.74, 6) is 0.830. The van der Waals surface area contributed by atoms with Crippen LogP contribution < -0.4 is 10.6 Å². The van der Waals surface area contributed by atoms with E-state index in [0.717, 1.165) is 49.0 Å². The Morgan fingerprint density at radius 1 is 1.18 bits per heavy atom. The zero-order chi connectivity index (χ0) is 19.8. The Balaban J connectivity index is 1.58. The lowest BCUT2D eigenvalue weighted by Crippen LogP contribution is -2.38. The number of benzene rings is 1. The largest absolute Gasteiger partial charge is 0.357 e. The van der Waals surface area contributed by atoms with Crippen molar-refractivity contribution in [1.82, 2.24) is 30.0 Å². The molecule has 0 saturated heterocycles. The molecular formula is C21H29N7. The second kappa shape index (κ2) is 9.73. The summed E-state index contributed by atoms with van der Waals surface area (Å²) < 4.78 is 4.07. The molecule has 7 heteroatoms. The standard InChI is InChI=1S/C21H29N7/c1-4-23-21(24-10-7-12-28-18(3)14-17(2)26-28)25-15-19-8-5-6-9-20(19)27-13-11-22-16-27/h5-6,8-9,11,13-14,16H,4,7,10,12,15H2,1-3H3,(H2,23,24,25). The number of hydrogen-bond acceptors (Lipinski definition) is 3. The molecule has 2 aromatic heterocycles. The van der Waals surface area contributed by atoms with E-state index in [4.69, 9.17) is 4.99 Å². The molecule has 2 heterocycles. The molecule has 0 radical (unpaired) electrons. The van der Waals surface area contributed by atoms with Crippen molar-refractivity contribution in [1.29, 1.82) is 0 Å². The summed E-state index contributed by atoms with van der Waals surface area (Å²) in [6.07, 6.45) is 6.53. The molecule has 0 atom stereocenters. The number of imidazole rings is 1. The maximum atomic E-state index is 4.76. The summed E-state index contributed by atoms with van der Waals surface area (Å²) in [6, 6.07) is 10.4. The molecule has 28 heavy (non-hydrogen) atoms. The number of aromatic nitrogens is 4. The molecule has 0 amide bonds. The third kappa shape index (κ3) is 5.22. The molecule has 0 aliphatic rings. The van der Waals surface area contributed by atoms with Gasteiger partial charge in [0, 0.05) is 37.7 Å². The molecule has 0 unspecified atom stereocenters. The molecule has 0 aliphatic heterocycles. The van der Waals surface area contributed by atoms with Crippen LogP contribution >= 0.6 is 0 Å². The van der Waals surface area contributed by atoms with Crippen molar-refractivity contribution in [2.75, 3.05) is 13.1 Å². The second-order valence-corrected chi connectivity index (χ2v) is 6.72. The Labute approximate surface area is 166 Å². The number of hydrogen-bond donors (Lipinski definition) is 2. The fourth-order valence-corrected chi connectivity index (χ4v) is 3.14. The van der Waals surface area contributed by atoms with Gasteiger partial charge < -0.3 is 15.2 Å². The maximum absolute atomic E-state index is 4.76. The maximum Gasteiger partial charge on any atom is 0.191 e. The van der Waals surface area contributed by atoms with Gasteiger partial charge in [-0.25, -0.2) is 9.98 Å². The number of rotatable bonds is 8. The van der Waals surface area contributed by atoms with Crippen molar-refractivity contribution in [3.63, 3.8) is 0 Å². The van der Waals surface area contributed by atoms with Crippen molar-refractivity contribution in [2.45, 2.75) is 40.3 Å². The minimum absolute atomic E-state index is 0.598. The van der Waals surface area contributed by atoms with Gasteiger partial charge in [0.15, 0.2) is 5.96 Å². The van der Waals surface area contributed by atoms with Gasteiger partial charge in [-0.05, 0) is 44.9 Å². The molecular weight excluding hydrogens is 350 g/mol. The van der Waals surface area contributed by atoms with E-state index in [1.807, 2.05) is 36.1 Å². The molecule has 0 fully saturated rings. The van der Waals surface area contributed by atoms with E-state index in [1.54, 1.807) is 6.20 Å². The fourth-order valence-electron chi connectivity index (χ4n) is 3.14. The highest BCUT2D eigenvalue weighted by Gasteiger charge is 2.05. The zero-order valence-corrected chi connectivity index (χ0v) is 16.9. The second-order valence-electron chi connectivity index (χ2n) is 6.72. The number of aryl methyl sites for hydroxylation is 3. The average molecular weight is 380 g/mol. The van der Waals surface area contributed by atoms with Crippen molar-refractivity contribution in [3.8, 4) is 5.69 Å². The van der Waals surface area contributed by atoms with Crippen LogP contribution in [-0.4, -0.2) is 38.4 Å². The summed E-state index contributed by atoms with van der Waals surface area (Å²) in [5.41, 5.74) is 4.52. The molecule has 0 spiro atoms. The van der Waals surface area contributed by atoms with E-state index in [0.29, 0.717) is 6.54 Å². The first-order valence-corrected chi connectivity index (χ1v) is 9.77. The predicted octanol–water partition coefficient (Wildman–Crippen LogP) is 2.83. The molecule has 1 aromatic carbocycles. The van der Waals surface area contributed by atoms with Gasteiger partial charge in [0.2, 0.25) is 0 Å². The van der Waals surface area contributed by atoms with Crippen LogP contribution in [0.2, 0.25) is 0 Å². The smallest absolute Gasteiger partial charge is 0.191 e. The number of aliphatic imine (C=N–C) groups is 1. The number of guanidine groups is 1. The number of para-hydroxylation sites is 1. The fraction of sp³-hybridized carbons (Fsp3) is 0.381. The molecule has 0 bridgehead atoms. The predicted molar refractivity (Wildman–Crippen MR) is 113 cm³/mol. The Morgan fingerprint density at radius 3 is 2.75 bits per heavy atom. The third-order valence-corrected chi connectivity index (χ3v) is 4.47. The van der Waals surface area contributed by atoms with Gasteiger partial charge in [-0.15, -0.1) is 0 Å². The van der Waals surface area contributed by atoms with Crippen LogP contribution in [-0.2, 0) is 13.1 Å². The van der Waals surface area contributed by atoms with Crippen LogP contribution in [0.25, 0.3) is 5.69 Å². The van der Waals surface area contributed by atoms with E-state index >= 15 is 0 Å². The summed E-state index contributed by atoms with van der Waals surface area (Å²) in [6.45, 7) is 9.36. The third-order valence-electron chi connectivity index (χ3n) is 4.47. The highest BCUT2D eigenvalue weighted by atomic mass is 15.3. The molecule has 3 rings (SSSR count). The SMILES string of the molecule is CCNC(=NCc1ccccc1-n1ccnc1)NCCCn1nc(C)cc1C. The van der Waals surface area contributed by atoms with Gasteiger partial charge in [-0.2, -0.15) is 5.10 Å². The van der Waals surface area contributed by atoms with Crippen molar-refractivity contribution in [2.24, 2.45) is 4.99 Å². The molecule has 7 nitrogen and oxygen atoms in total.